The van der Waals surface area contributed by atoms with Crippen molar-refractivity contribution in [3.63, 3.8) is 0 Å². The number of carbonyl (C=O) groups excluding carboxylic acids is 1. The van der Waals surface area contributed by atoms with E-state index in [1.807, 2.05) is 5.40 Å². The number of esters is 1. The summed E-state index contributed by atoms with van der Waals surface area (Å²) in [6, 6.07) is 2.90. The second kappa shape index (κ2) is 5.64. The molecule has 84 valence electrons. The van der Waals surface area contributed by atoms with Gasteiger partial charge in [0.1, 0.15) is 5.40 Å². The predicted octanol–water partition coefficient (Wildman–Crippen LogP) is 2.67. The molecule has 0 radical (unpaired) electrons. The number of benzene rings is 1. The first-order chi connectivity index (χ1) is 7.60. The summed E-state index contributed by atoms with van der Waals surface area (Å²) in [4.78, 5) is 12.0. The first-order valence-corrected chi connectivity index (χ1v) is 5.61. The van der Waals surface area contributed by atoms with Gasteiger partial charge in [-0.1, -0.05) is 11.6 Å². The highest BCUT2D eigenvalue weighted by Gasteiger charge is 2.14. The third kappa shape index (κ3) is 2.81. The fraction of sp³-hybridized carbons (Fsp3) is 0.200. The standard InChI is InChI=1S/C10H9ClN2O2S/c1-2-15-10(14)6-3-9(16-5-12)7(11)4-8(6)13/h3-4H,2,13H2,1H3. The van der Waals surface area contributed by atoms with Crippen molar-refractivity contribution in [2.24, 2.45) is 0 Å². The van der Waals surface area contributed by atoms with Crippen LogP contribution in [-0.2, 0) is 4.74 Å². The molecule has 0 amide bonds. The molecule has 4 nitrogen and oxygen atoms in total. The molecule has 0 aromatic heterocycles. The highest BCUT2D eigenvalue weighted by atomic mass is 35.5. The molecule has 16 heavy (non-hydrogen) atoms. The van der Waals surface area contributed by atoms with Crippen molar-refractivity contribution in [3.05, 3.63) is 22.7 Å². The summed E-state index contributed by atoms with van der Waals surface area (Å²) in [6.45, 7) is 1.97. The van der Waals surface area contributed by atoms with Crippen LogP contribution >= 0.6 is 23.4 Å². The van der Waals surface area contributed by atoms with Gasteiger partial charge < -0.3 is 10.5 Å². The number of halogens is 1. The van der Waals surface area contributed by atoms with Crippen molar-refractivity contribution < 1.29 is 9.53 Å². The van der Waals surface area contributed by atoms with Gasteiger partial charge in [0.2, 0.25) is 0 Å². The van der Waals surface area contributed by atoms with Gasteiger partial charge in [0.15, 0.2) is 0 Å². The summed E-state index contributed by atoms with van der Waals surface area (Å²) >= 11 is 6.73. The van der Waals surface area contributed by atoms with Crippen LogP contribution in [-0.4, -0.2) is 12.6 Å². The average Bonchev–Trinajstić information content (AvgIpc) is 2.22. The van der Waals surface area contributed by atoms with E-state index in [0.29, 0.717) is 9.92 Å². The number of ether oxygens (including phenoxy) is 1. The number of anilines is 1. The summed E-state index contributed by atoms with van der Waals surface area (Å²) < 4.78 is 4.83. The van der Waals surface area contributed by atoms with Crippen LogP contribution in [0.4, 0.5) is 5.69 Å². The van der Waals surface area contributed by atoms with Crippen LogP contribution in [0.1, 0.15) is 17.3 Å². The lowest BCUT2D eigenvalue weighted by Gasteiger charge is -2.07. The monoisotopic (exact) mass is 256 g/mol. The molecular weight excluding hydrogens is 248 g/mol. The zero-order valence-corrected chi connectivity index (χ0v) is 10.1. The molecule has 0 saturated carbocycles. The van der Waals surface area contributed by atoms with Crippen molar-refractivity contribution >= 4 is 35.0 Å². The van der Waals surface area contributed by atoms with Crippen LogP contribution in [0, 0.1) is 10.7 Å². The van der Waals surface area contributed by atoms with Gasteiger partial charge in [0.25, 0.3) is 0 Å². The molecule has 0 unspecified atom stereocenters. The number of nitrogens with two attached hydrogens (primary N) is 1. The molecule has 0 spiro atoms. The Kier molecular flexibility index (Phi) is 4.47. The molecule has 6 heteroatoms. The van der Waals surface area contributed by atoms with E-state index in [1.165, 1.54) is 12.1 Å². The topological polar surface area (TPSA) is 76.1 Å². The third-order valence-corrected chi connectivity index (χ3v) is 2.83. The normalized spacial score (nSPS) is 9.56. The Bertz CT molecular complexity index is 457. The zero-order valence-electron chi connectivity index (χ0n) is 8.49. The molecule has 0 aliphatic heterocycles. The summed E-state index contributed by atoms with van der Waals surface area (Å²) in [5.74, 6) is -0.517. The van der Waals surface area contributed by atoms with Gasteiger partial charge in [-0.2, -0.15) is 5.26 Å². The van der Waals surface area contributed by atoms with Crippen molar-refractivity contribution in [1.29, 1.82) is 5.26 Å². The van der Waals surface area contributed by atoms with Gasteiger partial charge in [-0.05, 0) is 30.8 Å². The smallest absolute Gasteiger partial charge is 0.340 e. The molecule has 1 aromatic rings. The summed E-state index contributed by atoms with van der Waals surface area (Å²) in [6.07, 6.45) is 0. The minimum Gasteiger partial charge on any atom is -0.462 e. The first kappa shape index (κ1) is 12.7. The van der Waals surface area contributed by atoms with E-state index >= 15 is 0 Å². The molecule has 1 aromatic carbocycles. The Morgan fingerprint density at radius 1 is 1.69 bits per heavy atom. The van der Waals surface area contributed by atoms with Crippen LogP contribution in [0.15, 0.2) is 17.0 Å². The first-order valence-electron chi connectivity index (χ1n) is 4.42. The number of hydrogen-bond donors (Lipinski definition) is 1. The Hall–Kier alpha value is -1.38. The number of nitrogens with zero attached hydrogens (tertiary/aromatic N) is 1. The number of nitriles is 1. The predicted molar refractivity (Wildman–Crippen MR) is 63.3 cm³/mol. The number of nitrogen functional groups attached to an aromatic ring is 1. The van der Waals surface area contributed by atoms with E-state index < -0.39 is 5.97 Å². The molecule has 0 atom stereocenters. The highest BCUT2D eigenvalue weighted by Crippen LogP contribution is 2.31. The zero-order chi connectivity index (χ0) is 12.1. The van der Waals surface area contributed by atoms with Gasteiger partial charge in [0.05, 0.1) is 17.2 Å². The number of thiocyanates is 1. The molecule has 0 aliphatic carbocycles. The number of hydrogen-bond acceptors (Lipinski definition) is 5. The molecular formula is C10H9ClN2O2S. The molecule has 0 bridgehead atoms. The maximum Gasteiger partial charge on any atom is 0.340 e. The molecule has 0 aliphatic rings. The largest absolute Gasteiger partial charge is 0.462 e. The molecule has 0 fully saturated rings. The van der Waals surface area contributed by atoms with Gasteiger partial charge in [0, 0.05) is 10.6 Å². The second-order valence-electron chi connectivity index (χ2n) is 2.78. The van der Waals surface area contributed by atoms with Gasteiger partial charge >= 0.3 is 5.97 Å². The lowest BCUT2D eigenvalue weighted by Crippen LogP contribution is -2.08. The average molecular weight is 257 g/mol. The summed E-state index contributed by atoms with van der Waals surface area (Å²) in [5.41, 5.74) is 6.11. The quantitative estimate of drug-likeness (QED) is 0.389. The van der Waals surface area contributed by atoms with Crippen LogP contribution < -0.4 is 5.73 Å². The van der Waals surface area contributed by atoms with Crippen molar-refractivity contribution in [2.45, 2.75) is 11.8 Å². The molecule has 2 N–H and O–H groups in total. The van der Waals surface area contributed by atoms with Crippen molar-refractivity contribution in [1.82, 2.24) is 0 Å². The van der Waals surface area contributed by atoms with Crippen molar-refractivity contribution in [3.8, 4) is 5.40 Å². The lowest BCUT2D eigenvalue weighted by atomic mass is 10.2. The van der Waals surface area contributed by atoms with Crippen LogP contribution in [0.2, 0.25) is 5.02 Å². The van der Waals surface area contributed by atoms with Crippen LogP contribution in [0.25, 0.3) is 0 Å². The maximum atomic E-state index is 11.5. The fourth-order valence-electron chi connectivity index (χ4n) is 1.08. The molecule has 0 saturated heterocycles. The number of thioether (sulfide) groups is 1. The van der Waals surface area contributed by atoms with Gasteiger partial charge in [-0.15, -0.1) is 0 Å². The Labute approximate surface area is 102 Å². The van der Waals surface area contributed by atoms with E-state index in [1.54, 1.807) is 6.92 Å². The number of rotatable bonds is 3. The fourth-order valence-corrected chi connectivity index (χ4v) is 1.80. The minimum atomic E-state index is -0.517. The summed E-state index contributed by atoms with van der Waals surface area (Å²) in [7, 11) is 0. The van der Waals surface area contributed by atoms with E-state index in [9.17, 15) is 4.79 Å². The van der Waals surface area contributed by atoms with Crippen molar-refractivity contribution in [2.75, 3.05) is 12.3 Å². The van der Waals surface area contributed by atoms with Gasteiger partial charge in [-0.25, -0.2) is 4.79 Å². The van der Waals surface area contributed by atoms with E-state index in [0.717, 1.165) is 11.8 Å². The molecule has 1 rings (SSSR count). The van der Waals surface area contributed by atoms with E-state index in [2.05, 4.69) is 0 Å². The maximum absolute atomic E-state index is 11.5. The summed E-state index contributed by atoms with van der Waals surface area (Å²) in [5, 5.41) is 10.8. The number of carbonyl (C=O) groups is 1. The lowest BCUT2D eigenvalue weighted by molar-refractivity contribution is 0.0527. The molecule has 0 heterocycles. The minimum absolute atomic E-state index is 0.226. The highest BCUT2D eigenvalue weighted by molar-refractivity contribution is 8.03. The van der Waals surface area contributed by atoms with Crippen LogP contribution in [0.5, 0.6) is 0 Å². The Morgan fingerprint density at radius 2 is 2.38 bits per heavy atom. The van der Waals surface area contributed by atoms with E-state index in [-0.39, 0.29) is 17.9 Å². The van der Waals surface area contributed by atoms with E-state index in [4.69, 9.17) is 27.3 Å². The third-order valence-electron chi connectivity index (χ3n) is 1.75. The van der Waals surface area contributed by atoms with Gasteiger partial charge in [-0.3, -0.25) is 0 Å². The SMILES string of the molecule is CCOC(=O)c1cc(SC#N)c(Cl)cc1N. The Morgan fingerprint density at radius 3 is 2.94 bits per heavy atom. The Balaban J connectivity index is 3.15. The second-order valence-corrected chi connectivity index (χ2v) is 4.02. The van der Waals surface area contributed by atoms with Crippen LogP contribution in [0.3, 0.4) is 0 Å².